The molecule has 1 atom stereocenters. The molecular weight excluding hydrogens is 382 g/mol. The molecule has 1 fully saturated rings. The molecule has 1 unspecified atom stereocenters. The zero-order chi connectivity index (χ0) is 20.4. The van der Waals surface area contributed by atoms with Crippen LogP contribution in [0.5, 0.6) is 0 Å². The first-order valence-corrected chi connectivity index (χ1v) is 11.4. The number of anilines is 1. The molecule has 2 heterocycles. The minimum absolute atomic E-state index is 0.0968. The summed E-state index contributed by atoms with van der Waals surface area (Å²) in [4.78, 5) is 30.0. The molecule has 2 aromatic rings. The van der Waals surface area contributed by atoms with Crippen molar-refractivity contribution in [1.29, 1.82) is 0 Å². The number of carbonyl (C=O) groups excluding carboxylic acids is 2. The van der Waals surface area contributed by atoms with Gasteiger partial charge in [-0.1, -0.05) is 37.3 Å². The molecule has 1 aliphatic heterocycles. The van der Waals surface area contributed by atoms with E-state index >= 15 is 0 Å². The number of thiophene rings is 1. The maximum atomic E-state index is 13.5. The third kappa shape index (κ3) is 4.54. The summed E-state index contributed by atoms with van der Waals surface area (Å²) in [5, 5.41) is 3.68. The van der Waals surface area contributed by atoms with Gasteiger partial charge in [0.15, 0.2) is 0 Å². The standard InChI is InChI=1S/C23H29N3O2S/c1-16-8-9-19-20(14-16)29-22(24-17(2)27)21(19)23(28)26-12-10-25(11-13-26)15-18-6-4-3-5-7-18/h3-7,16H,8-15H2,1-2H3,(H,24,27)/p+1. The Hall–Kier alpha value is -2.18. The highest BCUT2D eigenvalue weighted by molar-refractivity contribution is 7.17. The number of nitrogens with one attached hydrogen (secondary N) is 2. The van der Waals surface area contributed by atoms with Crippen LogP contribution in [0.3, 0.4) is 0 Å². The molecule has 6 heteroatoms. The highest BCUT2D eigenvalue weighted by atomic mass is 32.1. The van der Waals surface area contributed by atoms with Crippen molar-refractivity contribution in [2.45, 2.75) is 39.7 Å². The summed E-state index contributed by atoms with van der Waals surface area (Å²) < 4.78 is 0. The molecule has 2 aliphatic rings. The second-order valence-corrected chi connectivity index (χ2v) is 9.55. The Kier molecular flexibility index (Phi) is 6.01. The number of benzene rings is 1. The highest BCUT2D eigenvalue weighted by Crippen LogP contribution is 2.40. The molecule has 0 radical (unpaired) electrons. The third-order valence-corrected chi connectivity index (χ3v) is 7.24. The molecule has 0 spiro atoms. The Labute approximate surface area is 176 Å². The average molecular weight is 413 g/mol. The summed E-state index contributed by atoms with van der Waals surface area (Å²) in [6, 6.07) is 10.5. The van der Waals surface area contributed by atoms with E-state index in [-0.39, 0.29) is 11.8 Å². The molecule has 4 rings (SSSR count). The van der Waals surface area contributed by atoms with Crippen LogP contribution < -0.4 is 10.2 Å². The van der Waals surface area contributed by atoms with Crippen LogP contribution in [0.2, 0.25) is 0 Å². The van der Waals surface area contributed by atoms with Gasteiger partial charge in [-0.05, 0) is 30.7 Å². The van der Waals surface area contributed by atoms with Crippen LogP contribution in [0.15, 0.2) is 30.3 Å². The monoisotopic (exact) mass is 412 g/mol. The zero-order valence-corrected chi connectivity index (χ0v) is 18.1. The van der Waals surface area contributed by atoms with Gasteiger partial charge < -0.3 is 15.1 Å². The van der Waals surface area contributed by atoms with Gasteiger partial charge in [0, 0.05) is 17.4 Å². The van der Waals surface area contributed by atoms with Crippen molar-refractivity contribution in [3.8, 4) is 0 Å². The quantitative estimate of drug-likeness (QED) is 0.810. The largest absolute Gasteiger partial charge is 0.328 e. The number of carbonyl (C=O) groups is 2. The number of fused-ring (bicyclic) bond motifs is 1. The molecule has 5 nitrogen and oxygen atoms in total. The highest BCUT2D eigenvalue weighted by Gasteiger charge is 2.32. The Balaban J connectivity index is 1.48. The van der Waals surface area contributed by atoms with E-state index < -0.39 is 0 Å². The Bertz CT molecular complexity index is 885. The summed E-state index contributed by atoms with van der Waals surface area (Å²) >= 11 is 1.60. The van der Waals surface area contributed by atoms with Crippen molar-refractivity contribution in [3.63, 3.8) is 0 Å². The molecule has 154 valence electrons. The average Bonchev–Trinajstić information content (AvgIpc) is 3.05. The van der Waals surface area contributed by atoms with Crippen molar-refractivity contribution >= 4 is 28.2 Å². The summed E-state index contributed by atoms with van der Waals surface area (Å²) in [6.45, 7) is 8.23. The number of rotatable bonds is 4. The number of piperazine rings is 1. The van der Waals surface area contributed by atoms with Gasteiger partial charge in [0.05, 0.1) is 31.7 Å². The van der Waals surface area contributed by atoms with E-state index in [9.17, 15) is 9.59 Å². The van der Waals surface area contributed by atoms with Gasteiger partial charge in [0.25, 0.3) is 5.91 Å². The Morgan fingerprint density at radius 1 is 1.21 bits per heavy atom. The third-order valence-electron chi connectivity index (χ3n) is 6.07. The zero-order valence-electron chi connectivity index (χ0n) is 17.3. The smallest absolute Gasteiger partial charge is 0.257 e. The van der Waals surface area contributed by atoms with Gasteiger partial charge in [-0.15, -0.1) is 11.3 Å². The van der Waals surface area contributed by atoms with Crippen LogP contribution in [0.1, 0.15) is 46.6 Å². The number of hydrogen-bond donors (Lipinski definition) is 2. The molecule has 1 saturated heterocycles. The molecule has 1 aromatic heterocycles. The van der Waals surface area contributed by atoms with Crippen molar-refractivity contribution < 1.29 is 14.5 Å². The van der Waals surface area contributed by atoms with Gasteiger partial charge in [-0.3, -0.25) is 9.59 Å². The molecule has 1 aromatic carbocycles. The summed E-state index contributed by atoms with van der Waals surface area (Å²) in [6.07, 6.45) is 3.06. The minimum atomic E-state index is -0.108. The van der Waals surface area contributed by atoms with E-state index in [4.69, 9.17) is 0 Å². The van der Waals surface area contributed by atoms with E-state index in [2.05, 4.69) is 36.5 Å². The van der Waals surface area contributed by atoms with Crippen molar-refractivity contribution in [3.05, 3.63) is 51.9 Å². The number of quaternary nitrogens is 1. The lowest BCUT2D eigenvalue weighted by Crippen LogP contribution is -3.13. The van der Waals surface area contributed by atoms with Crippen LogP contribution in [0.25, 0.3) is 0 Å². The van der Waals surface area contributed by atoms with Gasteiger partial charge in [-0.25, -0.2) is 0 Å². The van der Waals surface area contributed by atoms with E-state index in [1.54, 1.807) is 11.3 Å². The van der Waals surface area contributed by atoms with Crippen molar-refractivity contribution in [2.24, 2.45) is 5.92 Å². The maximum absolute atomic E-state index is 13.5. The predicted octanol–water partition coefficient (Wildman–Crippen LogP) is 2.37. The van der Waals surface area contributed by atoms with Gasteiger partial charge >= 0.3 is 0 Å². The number of nitrogens with zero attached hydrogens (tertiary/aromatic N) is 1. The van der Waals surface area contributed by atoms with Crippen molar-refractivity contribution in [2.75, 3.05) is 31.5 Å². The molecule has 29 heavy (non-hydrogen) atoms. The number of amides is 2. The molecular formula is C23H30N3O2S+. The normalized spacial score (nSPS) is 19.7. The van der Waals surface area contributed by atoms with Crippen LogP contribution in [0.4, 0.5) is 5.00 Å². The lowest BCUT2D eigenvalue weighted by molar-refractivity contribution is -0.917. The molecule has 2 N–H and O–H groups in total. The molecule has 2 amide bonds. The second-order valence-electron chi connectivity index (χ2n) is 8.44. The van der Waals surface area contributed by atoms with Gasteiger partial charge in [0.2, 0.25) is 5.91 Å². The molecule has 0 bridgehead atoms. The Morgan fingerprint density at radius 3 is 2.62 bits per heavy atom. The fraction of sp³-hybridized carbons (Fsp3) is 0.478. The first-order valence-electron chi connectivity index (χ1n) is 10.6. The van der Waals surface area contributed by atoms with E-state index in [1.807, 2.05) is 11.0 Å². The summed E-state index contributed by atoms with van der Waals surface area (Å²) in [5.41, 5.74) is 3.29. The summed E-state index contributed by atoms with van der Waals surface area (Å²) in [5.74, 6) is 0.627. The molecule has 1 aliphatic carbocycles. The summed E-state index contributed by atoms with van der Waals surface area (Å²) in [7, 11) is 0. The minimum Gasteiger partial charge on any atom is -0.328 e. The predicted molar refractivity (Wildman–Crippen MR) is 117 cm³/mol. The van der Waals surface area contributed by atoms with Crippen LogP contribution in [-0.4, -0.2) is 42.9 Å². The van der Waals surface area contributed by atoms with Crippen LogP contribution >= 0.6 is 11.3 Å². The maximum Gasteiger partial charge on any atom is 0.257 e. The lowest BCUT2D eigenvalue weighted by atomic mass is 9.88. The van der Waals surface area contributed by atoms with E-state index in [1.165, 1.54) is 27.8 Å². The molecule has 0 saturated carbocycles. The van der Waals surface area contributed by atoms with Crippen LogP contribution in [0, 0.1) is 5.92 Å². The fourth-order valence-corrected chi connectivity index (χ4v) is 5.92. The SMILES string of the molecule is CC(=O)Nc1sc2c(c1C(=O)N1CC[NH+](Cc3ccccc3)CC1)CCC(C)C2. The van der Waals surface area contributed by atoms with E-state index in [0.29, 0.717) is 5.92 Å². The van der Waals surface area contributed by atoms with Gasteiger partial charge in [0.1, 0.15) is 11.5 Å². The fourth-order valence-electron chi connectivity index (χ4n) is 4.47. The number of hydrogen-bond acceptors (Lipinski definition) is 3. The first-order chi connectivity index (χ1) is 14.0. The van der Waals surface area contributed by atoms with Gasteiger partial charge in [-0.2, -0.15) is 0 Å². The topological polar surface area (TPSA) is 53.9 Å². The second kappa shape index (κ2) is 8.67. The lowest BCUT2D eigenvalue weighted by Gasteiger charge is -2.32. The Morgan fingerprint density at radius 2 is 1.93 bits per heavy atom. The van der Waals surface area contributed by atoms with Crippen LogP contribution in [-0.2, 0) is 24.2 Å². The van der Waals surface area contributed by atoms with E-state index in [0.717, 1.165) is 62.6 Å². The van der Waals surface area contributed by atoms with Crippen molar-refractivity contribution in [1.82, 2.24) is 4.90 Å². The first kappa shape index (κ1) is 20.1.